The summed E-state index contributed by atoms with van der Waals surface area (Å²) >= 11 is 0. The summed E-state index contributed by atoms with van der Waals surface area (Å²) in [6.45, 7) is 11.0. The Kier molecular flexibility index (Phi) is 4.99. The SMILES string of the molecule is C=C1C(=O)[C@]23C[C@@]1(O)C[C@H](OC(C)=O)[C@H]2[C@]1(C)CCC[C@@](C)(COC(C)=O)[C@H]1C[C@H]3O. The van der Waals surface area contributed by atoms with E-state index in [1.54, 1.807) is 0 Å². The number of Topliss-reactive ketones (excluding diaryl/α,β-unsaturated/α-hetero) is 1. The summed E-state index contributed by atoms with van der Waals surface area (Å²) in [5.41, 5.74) is -3.36. The molecule has 1 spiro atoms. The van der Waals surface area contributed by atoms with Gasteiger partial charge in [-0.05, 0) is 37.0 Å². The van der Waals surface area contributed by atoms with Crippen LogP contribution in [0.3, 0.4) is 0 Å². The minimum absolute atomic E-state index is 0.0374. The number of ketones is 1. The fourth-order valence-corrected chi connectivity index (χ4v) is 8.02. The monoisotopic (exact) mass is 434 g/mol. The van der Waals surface area contributed by atoms with Crippen molar-refractivity contribution in [1.82, 2.24) is 0 Å². The molecule has 0 aromatic rings. The van der Waals surface area contributed by atoms with Crippen LogP contribution in [0.5, 0.6) is 0 Å². The van der Waals surface area contributed by atoms with Crippen molar-refractivity contribution in [3.8, 4) is 0 Å². The van der Waals surface area contributed by atoms with Gasteiger partial charge >= 0.3 is 11.9 Å². The fraction of sp³-hybridized carbons (Fsp3) is 0.792. The molecule has 4 fully saturated rings. The highest BCUT2D eigenvalue weighted by molar-refractivity contribution is 6.05. The molecule has 4 saturated carbocycles. The molecule has 172 valence electrons. The third kappa shape index (κ3) is 2.95. The van der Waals surface area contributed by atoms with Gasteiger partial charge in [-0.25, -0.2) is 0 Å². The predicted octanol–water partition coefficient (Wildman–Crippen LogP) is 2.32. The van der Waals surface area contributed by atoms with Crippen molar-refractivity contribution in [1.29, 1.82) is 0 Å². The average Bonchev–Trinajstić information content (AvgIpc) is 2.80. The molecule has 7 nitrogen and oxygen atoms in total. The molecular weight excluding hydrogens is 400 g/mol. The molecule has 4 rings (SSSR count). The van der Waals surface area contributed by atoms with Crippen molar-refractivity contribution in [2.75, 3.05) is 6.61 Å². The molecule has 0 amide bonds. The van der Waals surface area contributed by atoms with E-state index in [1.165, 1.54) is 13.8 Å². The van der Waals surface area contributed by atoms with Crippen LogP contribution in [0.15, 0.2) is 12.2 Å². The van der Waals surface area contributed by atoms with Crippen LogP contribution in [0.2, 0.25) is 0 Å². The van der Waals surface area contributed by atoms with Gasteiger partial charge in [-0.15, -0.1) is 0 Å². The molecule has 0 heterocycles. The van der Waals surface area contributed by atoms with E-state index in [1.807, 2.05) is 0 Å². The first kappa shape index (κ1) is 22.5. The Bertz CT molecular complexity index is 851. The summed E-state index contributed by atoms with van der Waals surface area (Å²) in [6, 6.07) is 0. The molecule has 0 aliphatic heterocycles. The number of aliphatic hydroxyl groups excluding tert-OH is 1. The van der Waals surface area contributed by atoms with Gasteiger partial charge in [0.15, 0.2) is 5.78 Å². The molecule has 7 heteroatoms. The van der Waals surface area contributed by atoms with Gasteiger partial charge in [0.05, 0.1) is 23.7 Å². The van der Waals surface area contributed by atoms with Crippen LogP contribution in [0.1, 0.15) is 66.2 Å². The van der Waals surface area contributed by atoms with E-state index in [-0.39, 0.29) is 48.1 Å². The van der Waals surface area contributed by atoms with Gasteiger partial charge in [0.25, 0.3) is 0 Å². The van der Waals surface area contributed by atoms with Gasteiger partial charge in [-0.2, -0.15) is 0 Å². The Hall–Kier alpha value is -1.73. The number of hydrogen-bond acceptors (Lipinski definition) is 7. The Morgan fingerprint density at radius 1 is 1.19 bits per heavy atom. The van der Waals surface area contributed by atoms with Crippen LogP contribution in [-0.2, 0) is 23.9 Å². The minimum Gasteiger partial charge on any atom is -0.465 e. The maximum atomic E-state index is 13.6. The lowest BCUT2D eigenvalue weighted by atomic mass is 9.39. The first-order chi connectivity index (χ1) is 14.3. The zero-order chi connectivity index (χ0) is 23.0. The van der Waals surface area contributed by atoms with Crippen LogP contribution < -0.4 is 0 Å². The summed E-state index contributed by atoms with van der Waals surface area (Å²) in [5.74, 6) is -1.59. The van der Waals surface area contributed by atoms with Gasteiger partial charge in [-0.1, -0.05) is 26.8 Å². The number of ether oxygens (including phenoxy) is 2. The highest BCUT2D eigenvalue weighted by Crippen LogP contribution is 2.72. The first-order valence-corrected chi connectivity index (χ1v) is 11.3. The summed E-state index contributed by atoms with van der Waals surface area (Å²) in [7, 11) is 0. The normalized spacial score (nSPS) is 48.6. The summed E-state index contributed by atoms with van der Waals surface area (Å²) in [4.78, 5) is 37.1. The second-order valence-electron chi connectivity index (χ2n) is 11.0. The topological polar surface area (TPSA) is 110 Å². The van der Waals surface area contributed by atoms with E-state index >= 15 is 0 Å². The molecule has 2 bridgehead atoms. The second-order valence-corrected chi connectivity index (χ2v) is 11.0. The zero-order valence-corrected chi connectivity index (χ0v) is 18.9. The Labute approximate surface area is 183 Å². The summed E-state index contributed by atoms with van der Waals surface area (Å²) < 4.78 is 11.2. The molecule has 0 unspecified atom stereocenters. The predicted molar refractivity (Wildman–Crippen MR) is 111 cm³/mol. The molecule has 2 N–H and O–H groups in total. The van der Waals surface area contributed by atoms with Crippen molar-refractivity contribution in [3.05, 3.63) is 12.2 Å². The zero-order valence-electron chi connectivity index (χ0n) is 18.9. The molecule has 4 aliphatic rings. The standard InChI is InChI=1S/C24H34O7/c1-13-20(28)24-11-23(13,29)10-16(31-15(3)26)19(24)22(5)8-6-7-21(4,12-30-14(2)25)17(22)9-18(24)27/h16-19,27,29H,1,6-12H2,2-5H3/t16-,17+,18+,19-,21-,22+,23-,24-/m0/s1. The molecular formula is C24H34O7. The largest absolute Gasteiger partial charge is 0.465 e. The maximum Gasteiger partial charge on any atom is 0.302 e. The third-order valence-corrected chi connectivity index (χ3v) is 9.10. The van der Waals surface area contributed by atoms with Crippen molar-refractivity contribution in [2.45, 2.75) is 84.0 Å². The molecule has 0 radical (unpaired) electrons. The average molecular weight is 435 g/mol. The second kappa shape index (κ2) is 6.88. The number of fused-ring (bicyclic) bond motifs is 3. The van der Waals surface area contributed by atoms with Crippen molar-refractivity contribution in [2.24, 2.45) is 28.1 Å². The number of carbonyl (C=O) groups excluding carboxylic acids is 3. The number of aliphatic hydroxyl groups is 2. The number of esters is 2. The van der Waals surface area contributed by atoms with Gasteiger partial charge in [0.1, 0.15) is 6.10 Å². The van der Waals surface area contributed by atoms with Gasteiger partial charge < -0.3 is 19.7 Å². The van der Waals surface area contributed by atoms with Gasteiger partial charge in [0, 0.05) is 37.2 Å². The summed E-state index contributed by atoms with van der Waals surface area (Å²) in [5, 5.41) is 22.7. The Morgan fingerprint density at radius 3 is 2.48 bits per heavy atom. The van der Waals surface area contributed by atoms with Crippen molar-refractivity contribution < 1.29 is 34.1 Å². The smallest absolute Gasteiger partial charge is 0.302 e. The highest BCUT2D eigenvalue weighted by Gasteiger charge is 2.76. The quantitative estimate of drug-likeness (QED) is 0.518. The lowest BCUT2D eigenvalue weighted by Gasteiger charge is -2.66. The van der Waals surface area contributed by atoms with Gasteiger partial charge in [-0.3, -0.25) is 14.4 Å². The number of carbonyl (C=O) groups is 3. The van der Waals surface area contributed by atoms with Crippen molar-refractivity contribution in [3.63, 3.8) is 0 Å². The van der Waals surface area contributed by atoms with E-state index in [2.05, 4.69) is 20.4 Å². The minimum atomic E-state index is -1.46. The van der Waals surface area contributed by atoms with Gasteiger partial charge in [0.2, 0.25) is 0 Å². The maximum absolute atomic E-state index is 13.6. The lowest BCUT2D eigenvalue weighted by Crippen LogP contribution is -2.68. The van der Waals surface area contributed by atoms with Crippen LogP contribution in [0, 0.1) is 28.1 Å². The van der Waals surface area contributed by atoms with Crippen LogP contribution in [-0.4, -0.2) is 52.4 Å². The molecule has 0 saturated heterocycles. The van der Waals surface area contributed by atoms with Crippen LogP contribution in [0.4, 0.5) is 0 Å². The molecule has 31 heavy (non-hydrogen) atoms. The fourth-order valence-electron chi connectivity index (χ4n) is 8.02. The van der Waals surface area contributed by atoms with Crippen LogP contribution >= 0.6 is 0 Å². The Balaban J connectivity index is 1.84. The molecule has 0 aromatic heterocycles. The Morgan fingerprint density at radius 2 is 1.87 bits per heavy atom. The van der Waals surface area contributed by atoms with E-state index in [0.717, 1.165) is 19.3 Å². The molecule has 4 aliphatic carbocycles. The third-order valence-electron chi connectivity index (χ3n) is 9.10. The first-order valence-electron chi connectivity index (χ1n) is 11.3. The lowest BCUT2D eigenvalue weighted by molar-refractivity contribution is -0.246. The van der Waals surface area contributed by atoms with E-state index in [9.17, 15) is 24.6 Å². The van der Waals surface area contributed by atoms with E-state index in [0.29, 0.717) is 6.42 Å². The highest BCUT2D eigenvalue weighted by atomic mass is 16.5. The summed E-state index contributed by atoms with van der Waals surface area (Å²) in [6.07, 6.45) is 1.42. The van der Waals surface area contributed by atoms with E-state index in [4.69, 9.17) is 9.47 Å². The number of rotatable bonds is 3. The molecule has 0 aromatic carbocycles. The molecule has 8 atom stereocenters. The van der Waals surface area contributed by atoms with E-state index < -0.39 is 40.5 Å². The van der Waals surface area contributed by atoms with Crippen molar-refractivity contribution >= 4 is 17.7 Å². The van der Waals surface area contributed by atoms with Crippen LogP contribution in [0.25, 0.3) is 0 Å². The number of hydrogen-bond donors (Lipinski definition) is 2.